The molecule has 2 aromatic carbocycles. The van der Waals surface area contributed by atoms with E-state index in [4.69, 9.17) is 0 Å². The third-order valence-corrected chi connectivity index (χ3v) is 3.65. The molecule has 0 fully saturated rings. The van der Waals surface area contributed by atoms with Gasteiger partial charge in [-0.1, -0.05) is 44.2 Å². The van der Waals surface area contributed by atoms with E-state index in [9.17, 15) is 8.78 Å². The van der Waals surface area contributed by atoms with E-state index in [0.717, 1.165) is 24.0 Å². The van der Waals surface area contributed by atoms with Crippen molar-refractivity contribution in [2.24, 2.45) is 5.92 Å². The molecule has 0 atom stereocenters. The lowest BCUT2D eigenvalue weighted by molar-refractivity contribution is 0.507. The van der Waals surface area contributed by atoms with Crippen molar-refractivity contribution in [2.75, 3.05) is 0 Å². The van der Waals surface area contributed by atoms with Crippen molar-refractivity contribution in [3.63, 3.8) is 0 Å². The predicted molar refractivity (Wildman–Crippen MR) is 78.8 cm³/mol. The fourth-order valence-corrected chi connectivity index (χ4v) is 2.54. The van der Waals surface area contributed by atoms with Gasteiger partial charge in [0.05, 0.1) is 0 Å². The summed E-state index contributed by atoms with van der Waals surface area (Å²) >= 11 is 0. The van der Waals surface area contributed by atoms with Crippen molar-refractivity contribution < 1.29 is 8.78 Å². The number of benzene rings is 2. The minimum atomic E-state index is -0.780. The van der Waals surface area contributed by atoms with Gasteiger partial charge in [-0.25, -0.2) is 8.78 Å². The second kappa shape index (κ2) is 6.65. The molecule has 0 aliphatic heterocycles. The first-order valence-corrected chi connectivity index (χ1v) is 7.10. The van der Waals surface area contributed by atoms with Crippen molar-refractivity contribution >= 4 is 0 Å². The minimum absolute atomic E-state index is 0.733. The zero-order valence-electron chi connectivity index (χ0n) is 12.0. The van der Waals surface area contributed by atoms with E-state index in [0.29, 0.717) is 0 Å². The lowest BCUT2D eigenvalue weighted by Gasteiger charge is -1.95. The highest BCUT2D eigenvalue weighted by atomic mass is 19.2. The summed E-state index contributed by atoms with van der Waals surface area (Å²) in [6.45, 7) is 4.21. The normalized spacial score (nSPS) is 13.6. The highest BCUT2D eigenvalue weighted by molar-refractivity contribution is 5.31. The molecular weight excluding hydrogens is 254 g/mol. The van der Waals surface area contributed by atoms with Crippen LogP contribution in [0.5, 0.6) is 0 Å². The second-order valence-electron chi connectivity index (χ2n) is 5.38. The molecule has 3 rings (SSSR count). The van der Waals surface area contributed by atoms with Gasteiger partial charge in [-0.2, -0.15) is 0 Å². The zero-order chi connectivity index (χ0) is 14.5. The maximum absolute atomic E-state index is 12.4. The van der Waals surface area contributed by atoms with Crippen molar-refractivity contribution in [3.05, 3.63) is 70.8 Å². The number of fused-ring (bicyclic) bond motifs is 1. The van der Waals surface area contributed by atoms with Gasteiger partial charge in [0.15, 0.2) is 11.6 Å². The molecule has 1 aliphatic carbocycles. The molecular formula is C18H20F2. The van der Waals surface area contributed by atoms with Crippen molar-refractivity contribution in [1.29, 1.82) is 0 Å². The number of aryl methyl sites for hydroxylation is 1. The third kappa shape index (κ3) is 3.66. The van der Waals surface area contributed by atoms with Crippen LogP contribution in [0.3, 0.4) is 0 Å². The van der Waals surface area contributed by atoms with Crippen LogP contribution in [0.4, 0.5) is 8.78 Å². The van der Waals surface area contributed by atoms with Crippen LogP contribution in [0.25, 0.3) is 0 Å². The summed E-state index contributed by atoms with van der Waals surface area (Å²) < 4.78 is 24.7. The fourth-order valence-electron chi connectivity index (χ4n) is 2.54. The molecule has 1 aliphatic rings. The van der Waals surface area contributed by atoms with E-state index in [1.54, 1.807) is 17.2 Å². The SMILES string of the molecule is CC1Cc2ccccc2C1.CCc1ccc(F)c(F)c1. The Hall–Kier alpha value is -1.70. The molecule has 0 saturated heterocycles. The molecule has 0 bridgehead atoms. The van der Waals surface area contributed by atoms with Crippen LogP contribution < -0.4 is 0 Å². The molecule has 0 N–H and O–H groups in total. The molecule has 0 amide bonds. The first-order valence-electron chi connectivity index (χ1n) is 7.10. The number of hydrogen-bond acceptors (Lipinski definition) is 0. The van der Waals surface area contributed by atoms with Gasteiger partial charge in [-0.05, 0) is 54.0 Å². The van der Waals surface area contributed by atoms with Crippen LogP contribution in [-0.2, 0) is 19.3 Å². The van der Waals surface area contributed by atoms with Crippen LogP contribution in [0.15, 0.2) is 42.5 Å². The standard InChI is InChI=1S/C10H12.C8H8F2/c1-8-6-9-4-2-3-5-10(9)7-8;1-2-6-3-4-7(9)8(10)5-6/h2-5,8H,6-7H2,1H3;3-5H,2H2,1H3. The van der Waals surface area contributed by atoms with E-state index in [2.05, 4.69) is 31.2 Å². The molecule has 2 heteroatoms. The van der Waals surface area contributed by atoms with E-state index in [1.165, 1.54) is 18.9 Å². The summed E-state index contributed by atoms with van der Waals surface area (Å²) in [7, 11) is 0. The lowest BCUT2D eigenvalue weighted by atomic mass is 10.1. The molecule has 0 nitrogen and oxygen atoms in total. The number of rotatable bonds is 1. The van der Waals surface area contributed by atoms with E-state index in [1.807, 2.05) is 6.92 Å². The lowest BCUT2D eigenvalue weighted by Crippen LogP contribution is -1.89. The van der Waals surface area contributed by atoms with E-state index >= 15 is 0 Å². The zero-order valence-corrected chi connectivity index (χ0v) is 12.0. The molecule has 0 aromatic heterocycles. The molecule has 20 heavy (non-hydrogen) atoms. The van der Waals surface area contributed by atoms with Crippen LogP contribution >= 0.6 is 0 Å². The van der Waals surface area contributed by atoms with Crippen LogP contribution in [0.1, 0.15) is 30.5 Å². The smallest absolute Gasteiger partial charge is 0.159 e. The topological polar surface area (TPSA) is 0 Å². The monoisotopic (exact) mass is 274 g/mol. The van der Waals surface area contributed by atoms with Gasteiger partial charge in [0, 0.05) is 0 Å². The Morgan fingerprint density at radius 2 is 1.55 bits per heavy atom. The Morgan fingerprint density at radius 3 is 2.05 bits per heavy atom. The number of hydrogen-bond donors (Lipinski definition) is 0. The van der Waals surface area contributed by atoms with Crippen LogP contribution in [0.2, 0.25) is 0 Å². The van der Waals surface area contributed by atoms with E-state index < -0.39 is 11.6 Å². The summed E-state index contributed by atoms with van der Waals surface area (Å²) in [4.78, 5) is 0. The predicted octanol–water partition coefficient (Wildman–Crippen LogP) is 4.95. The third-order valence-electron chi connectivity index (χ3n) is 3.65. The summed E-state index contributed by atoms with van der Waals surface area (Å²) in [5.74, 6) is -0.672. The van der Waals surface area contributed by atoms with Gasteiger partial charge in [-0.3, -0.25) is 0 Å². The molecule has 0 radical (unpaired) electrons. The number of halogens is 2. The Labute approximate surface area is 119 Å². The summed E-state index contributed by atoms with van der Waals surface area (Å²) in [6.07, 6.45) is 3.31. The van der Waals surface area contributed by atoms with Gasteiger partial charge >= 0.3 is 0 Å². The quantitative estimate of drug-likeness (QED) is 0.690. The van der Waals surface area contributed by atoms with Crippen molar-refractivity contribution in [3.8, 4) is 0 Å². The van der Waals surface area contributed by atoms with Gasteiger partial charge in [0.1, 0.15) is 0 Å². The average Bonchev–Trinajstić information content (AvgIpc) is 2.82. The Bertz CT molecular complexity index is 550. The molecule has 0 unspecified atom stereocenters. The molecule has 0 heterocycles. The fraction of sp³-hybridized carbons (Fsp3) is 0.333. The second-order valence-corrected chi connectivity index (χ2v) is 5.38. The first-order chi connectivity index (χ1) is 9.60. The summed E-state index contributed by atoms with van der Waals surface area (Å²) in [5.41, 5.74) is 3.95. The molecule has 2 aromatic rings. The summed E-state index contributed by atoms with van der Waals surface area (Å²) in [6, 6.07) is 12.7. The minimum Gasteiger partial charge on any atom is -0.204 e. The molecule has 106 valence electrons. The van der Waals surface area contributed by atoms with Gasteiger partial charge in [0.2, 0.25) is 0 Å². The van der Waals surface area contributed by atoms with E-state index in [-0.39, 0.29) is 0 Å². The van der Waals surface area contributed by atoms with Gasteiger partial charge in [0.25, 0.3) is 0 Å². The maximum atomic E-state index is 12.4. The maximum Gasteiger partial charge on any atom is 0.159 e. The Kier molecular flexibility index (Phi) is 4.89. The first kappa shape index (κ1) is 14.7. The summed E-state index contributed by atoms with van der Waals surface area (Å²) in [5, 5.41) is 0. The highest BCUT2D eigenvalue weighted by Crippen LogP contribution is 2.25. The van der Waals surface area contributed by atoms with Crippen molar-refractivity contribution in [1.82, 2.24) is 0 Å². The van der Waals surface area contributed by atoms with Crippen LogP contribution in [-0.4, -0.2) is 0 Å². The Balaban J connectivity index is 0.000000147. The van der Waals surface area contributed by atoms with Gasteiger partial charge in [-0.15, -0.1) is 0 Å². The largest absolute Gasteiger partial charge is 0.204 e. The highest BCUT2D eigenvalue weighted by Gasteiger charge is 2.15. The van der Waals surface area contributed by atoms with Crippen molar-refractivity contribution in [2.45, 2.75) is 33.1 Å². The Morgan fingerprint density at radius 1 is 0.950 bits per heavy atom. The molecule has 0 saturated carbocycles. The van der Waals surface area contributed by atoms with Crippen LogP contribution in [0, 0.1) is 17.6 Å². The average molecular weight is 274 g/mol. The molecule has 0 spiro atoms. The van der Waals surface area contributed by atoms with Gasteiger partial charge < -0.3 is 0 Å².